The summed E-state index contributed by atoms with van der Waals surface area (Å²) >= 11 is 0. The maximum Gasteiger partial charge on any atom is 0.338 e. The van der Waals surface area contributed by atoms with Crippen LogP contribution in [0.5, 0.6) is 0 Å². The second-order valence-electron chi connectivity index (χ2n) is 6.52. The minimum Gasteiger partial charge on any atom is -0.449 e. The molecule has 0 aliphatic carbocycles. The maximum atomic E-state index is 12.4. The van der Waals surface area contributed by atoms with Crippen LogP contribution in [0.15, 0.2) is 52.9 Å². The first-order chi connectivity index (χ1) is 14.4. The predicted octanol–water partition coefficient (Wildman–Crippen LogP) is 4.41. The number of aromatic nitrogens is 2. The summed E-state index contributed by atoms with van der Waals surface area (Å²) in [6, 6.07) is 12.9. The number of hydrogen-bond donors (Lipinski definition) is 0. The molecule has 2 aromatic carbocycles. The van der Waals surface area contributed by atoms with E-state index in [1.165, 1.54) is 24.3 Å². The van der Waals surface area contributed by atoms with Crippen molar-refractivity contribution < 1.29 is 18.9 Å². The van der Waals surface area contributed by atoms with Crippen LogP contribution in [0.3, 0.4) is 0 Å². The van der Waals surface area contributed by atoms with Crippen molar-refractivity contribution in [3.8, 4) is 11.5 Å². The van der Waals surface area contributed by atoms with Crippen molar-refractivity contribution in [1.29, 1.82) is 0 Å². The van der Waals surface area contributed by atoms with E-state index in [2.05, 4.69) is 28.9 Å². The van der Waals surface area contributed by atoms with Gasteiger partial charge in [0, 0.05) is 36.5 Å². The molecule has 0 radical (unpaired) electrons. The molecule has 1 atom stereocenters. The predicted molar refractivity (Wildman–Crippen MR) is 110 cm³/mol. The zero-order valence-corrected chi connectivity index (χ0v) is 16.9. The van der Waals surface area contributed by atoms with Gasteiger partial charge < -0.3 is 14.1 Å². The number of anilines is 1. The Morgan fingerprint density at radius 3 is 2.30 bits per heavy atom. The highest BCUT2D eigenvalue weighted by Gasteiger charge is 2.20. The Hall–Kier alpha value is -3.75. The highest BCUT2D eigenvalue weighted by Crippen LogP contribution is 2.25. The highest BCUT2D eigenvalue weighted by atomic mass is 16.6. The number of nitro benzene ring substituents is 1. The first-order valence-corrected chi connectivity index (χ1v) is 9.57. The summed E-state index contributed by atoms with van der Waals surface area (Å²) in [5, 5.41) is 18.6. The molecule has 1 heterocycles. The number of nitrogens with zero attached hydrogens (tertiary/aromatic N) is 4. The third kappa shape index (κ3) is 4.62. The zero-order chi connectivity index (χ0) is 21.7. The quantitative estimate of drug-likeness (QED) is 0.305. The van der Waals surface area contributed by atoms with Gasteiger partial charge in [0.15, 0.2) is 6.10 Å². The van der Waals surface area contributed by atoms with Gasteiger partial charge in [-0.1, -0.05) is 0 Å². The maximum absolute atomic E-state index is 12.4. The van der Waals surface area contributed by atoms with Crippen LogP contribution in [0.1, 0.15) is 43.1 Å². The zero-order valence-electron chi connectivity index (χ0n) is 16.9. The molecule has 0 aliphatic rings. The first kappa shape index (κ1) is 21.0. The molecule has 0 unspecified atom stereocenters. The first-order valence-electron chi connectivity index (χ1n) is 9.57. The van der Waals surface area contributed by atoms with Gasteiger partial charge in [0.25, 0.3) is 11.6 Å². The molecular weight excluding hydrogens is 388 g/mol. The van der Waals surface area contributed by atoms with E-state index in [0.717, 1.165) is 18.8 Å². The van der Waals surface area contributed by atoms with Crippen LogP contribution in [0, 0.1) is 10.1 Å². The molecule has 0 spiro atoms. The number of nitro groups is 1. The lowest BCUT2D eigenvalue weighted by molar-refractivity contribution is -0.384. The van der Waals surface area contributed by atoms with Crippen molar-refractivity contribution in [2.75, 3.05) is 18.0 Å². The molecule has 3 aromatic rings. The van der Waals surface area contributed by atoms with Crippen LogP contribution in [-0.4, -0.2) is 34.2 Å². The van der Waals surface area contributed by atoms with Crippen molar-refractivity contribution in [2.24, 2.45) is 0 Å². The minimum atomic E-state index is -0.751. The molecular formula is C21H22N4O5. The summed E-state index contributed by atoms with van der Waals surface area (Å²) in [6.07, 6.45) is -0.751. The largest absolute Gasteiger partial charge is 0.449 e. The Bertz CT molecular complexity index is 1010. The van der Waals surface area contributed by atoms with Gasteiger partial charge in [-0.3, -0.25) is 10.1 Å². The molecule has 1 aromatic heterocycles. The second-order valence-corrected chi connectivity index (χ2v) is 6.52. The topological polar surface area (TPSA) is 112 Å². The average molecular weight is 410 g/mol. The van der Waals surface area contributed by atoms with E-state index in [-0.39, 0.29) is 17.5 Å². The number of benzene rings is 2. The van der Waals surface area contributed by atoms with Crippen molar-refractivity contribution in [2.45, 2.75) is 26.9 Å². The fraction of sp³-hybridized carbons (Fsp3) is 0.286. The van der Waals surface area contributed by atoms with Gasteiger partial charge in [0.05, 0.1) is 10.5 Å². The molecule has 9 heteroatoms. The normalized spacial score (nSPS) is 11.7. The Kier molecular flexibility index (Phi) is 6.41. The summed E-state index contributed by atoms with van der Waals surface area (Å²) < 4.78 is 11.0. The van der Waals surface area contributed by atoms with Gasteiger partial charge in [-0.15, -0.1) is 10.2 Å². The number of ether oxygens (including phenoxy) is 1. The van der Waals surface area contributed by atoms with E-state index < -0.39 is 17.0 Å². The third-order valence-corrected chi connectivity index (χ3v) is 4.63. The van der Waals surface area contributed by atoms with Gasteiger partial charge in [-0.25, -0.2) is 4.79 Å². The van der Waals surface area contributed by atoms with Crippen molar-refractivity contribution in [3.63, 3.8) is 0 Å². The number of esters is 1. The lowest BCUT2D eigenvalue weighted by Gasteiger charge is -2.21. The number of carbonyl (C=O) groups excluding carboxylic acids is 1. The molecule has 0 N–H and O–H groups in total. The van der Waals surface area contributed by atoms with Crippen LogP contribution in [0.4, 0.5) is 11.4 Å². The fourth-order valence-electron chi connectivity index (χ4n) is 2.92. The van der Waals surface area contributed by atoms with E-state index in [1.807, 2.05) is 12.1 Å². The van der Waals surface area contributed by atoms with Crippen LogP contribution in [0.25, 0.3) is 11.5 Å². The van der Waals surface area contributed by atoms with Crippen LogP contribution in [-0.2, 0) is 4.74 Å². The molecule has 9 nitrogen and oxygen atoms in total. The molecule has 0 amide bonds. The highest BCUT2D eigenvalue weighted by molar-refractivity contribution is 5.90. The minimum absolute atomic E-state index is 0.0344. The smallest absolute Gasteiger partial charge is 0.338 e. The van der Waals surface area contributed by atoms with Gasteiger partial charge in [-0.2, -0.15) is 0 Å². The standard InChI is InChI=1S/C21H22N4O5/c1-4-24(5-2)17-10-8-16(9-11-17)21(26)29-14(3)19-22-23-20(30-19)15-6-12-18(13-7-15)25(27)28/h6-14H,4-5H2,1-3H3/t14-/m0/s1. The van der Waals surface area contributed by atoms with Gasteiger partial charge in [0.1, 0.15) is 0 Å². The Morgan fingerprint density at radius 2 is 1.73 bits per heavy atom. The summed E-state index contributed by atoms with van der Waals surface area (Å²) in [6.45, 7) is 7.54. The van der Waals surface area contributed by atoms with Crippen LogP contribution < -0.4 is 4.90 Å². The molecule has 0 saturated heterocycles. The Morgan fingerprint density at radius 1 is 1.10 bits per heavy atom. The number of hydrogen-bond acceptors (Lipinski definition) is 8. The van der Waals surface area contributed by atoms with Crippen LogP contribution in [0.2, 0.25) is 0 Å². The lowest BCUT2D eigenvalue weighted by Crippen LogP contribution is -2.21. The second kappa shape index (κ2) is 9.17. The molecule has 30 heavy (non-hydrogen) atoms. The summed E-state index contributed by atoms with van der Waals surface area (Å²) in [4.78, 5) is 24.9. The lowest BCUT2D eigenvalue weighted by atomic mass is 10.2. The molecule has 3 rings (SSSR count). The third-order valence-electron chi connectivity index (χ3n) is 4.63. The van der Waals surface area contributed by atoms with E-state index in [1.54, 1.807) is 19.1 Å². The SMILES string of the molecule is CCN(CC)c1ccc(C(=O)O[C@@H](C)c2nnc(-c3ccc([N+](=O)[O-])cc3)o2)cc1. The van der Waals surface area contributed by atoms with Gasteiger partial charge in [0.2, 0.25) is 5.89 Å². The van der Waals surface area contributed by atoms with Gasteiger partial charge in [-0.05, 0) is 57.2 Å². The molecule has 0 aliphatic heterocycles. The monoisotopic (exact) mass is 410 g/mol. The summed E-state index contributed by atoms with van der Waals surface area (Å²) in [7, 11) is 0. The van der Waals surface area contributed by atoms with E-state index in [9.17, 15) is 14.9 Å². The van der Waals surface area contributed by atoms with Gasteiger partial charge >= 0.3 is 5.97 Å². The molecule has 0 fully saturated rings. The molecule has 0 bridgehead atoms. The summed E-state index contributed by atoms with van der Waals surface area (Å²) in [5.74, 6) is -0.175. The molecule has 156 valence electrons. The van der Waals surface area contributed by atoms with Crippen molar-refractivity contribution >= 4 is 17.3 Å². The Labute approximate surface area is 173 Å². The number of carbonyl (C=O) groups is 1. The molecule has 0 saturated carbocycles. The van der Waals surface area contributed by atoms with E-state index in [4.69, 9.17) is 9.15 Å². The van der Waals surface area contributed by atoms with Crippen LogP contribution >= 0.6 is 0 Å². The fourth-order valence-corrected chi connectivity index (χ4v) is 2.92. The summed E-state index contributed by atoms with van der Waals surface area (Å²) in [5.41, 5.74) is 1.96. The van der Waals surface area contributed by atoms with Crippen molar-refractivity contribution in [3.05, 3.63) is 70.1 Å². The van der Waals surface area contributed by atoms with E-state index in [0.29, 0.717) is 11.1 Å². The Balaban J connectivity index is 1.66. The average Bonchev–Trinajstić information content (AvgIpc) is 3.25. The van der Waals surface area contributed by atoms with Crippen molar-refractivity contribution in [1.82, 2.24) is 10.2 Å². The van der Waals surface area contributed by atoms with E-state index >= 15 is 0 Å². The number of non-ortho nitro benzene ring substituents is 1. The number of rotatable bonds is 8.